The smallest absolute Gasteiger partial charge is 0.290 e. The van der Waals surface area contributed by atoms with Gasteiger partial charge in [0.15, 0.2) is 0 Å². The number of nitrogens with two attached hydrogens (primary N) is 1. The standard InChI is InChI=1S/C17H17N3O3S/c18-20-9-2-1-3-13(20)8-10-23-14-6-4-12(5-7-14)11-15-16(21)19-17(22)24-15/h1-7,9,11,13H,8,10,18H2,(H,19,21,22)/b15-11+/t13-/m1/s1. The van der Waals surface area contributed by atoms with E-state index < -0.39 is 0 Å². The number of ether oxygens (including phenoxy) is 1. The predicted molar refractivity (Wildman–Crippen MR) is 93.8 cm³/mol. The third-order valence-electron chi connectivity index (χ3n) is 3.59. The summed E-state index contributed by atoms with van der Waals surface area (Å²) in [4.78, 5) is 23.0. The first-order valence-electron chi connectivity index (χ1n) is 7.47. The predicted octanol–water partition coefficient (Wildman–Crippen LogP) is 2.41. The van der Waals surface area contributed by atoms with Gasteiger partial charge in [0.25, 0.3) is 11.1 Å². The van der Waals surface area contributed by atoms with Crippen molar-refractivity contribution in [1.82, 2.24) is 10.3 Å². The van der Waals surface area contributed by atoms with Crippen LogP contribution in [0.15, 0.2) is 53.6 Å². The van der Waals surface area contributed by atoms with Crippen LogP contribution < -0.4 is 15.9 Å². The number of allylic oxidation sites excluding steroid dienone is 2. The van der Waals surface area contributed by atoms with Gasteiger partial charge in [-0.3, -0.25) is 14.9 Å². The van der Waals surface area contributed by atoms with Crippen molar-refractivity contribution in [3.05, 3.63) is 59.2 Å². The second-order valence-electron chi connectivity index (χ2n) is 5.30. The molecule has 1 fully saturated rings. The minimum absolute atomic E-state index is 0.134. The molecule has 1 aromatic carbocycles. The van der Waals surface area contributed by atoms with Crippen LogP contribution in [0, 0.1) is 0 Å². The molecule has 0 aliphatic carbocycles. The van der Waals surface area contributed by atoms with Gasteiger partial charge in [-0.05, 0) is 41.6 Å². The minimum Gasteiger partial charge on any atom is -0.494 e. The van der Waals surface area contributed by atoms with E-state index in [0.717, 1.165) is 29.5 Å². The molecule has 0 aromatic heterocycles. The summed E-state index contributed by atoms with van der Waals surface area (Å²) in [5.74, 6) is 6.24. The Bertz CT molecular complexity index is 725. The lowest BCUT2D eigenvalue weighted by Gasteiger charge is -2.25. The number of hydrazine groups is 1. The van der Waals surface area contributed by atoms with E-state index in [1.165, 1.54) is 0 Å². The highest BCUT2D eigenvalue weighted by molar-refractivity contribution is 8.18. The molecule has 124 valence electrons. The Hall–Kier alpha value is -2.51. The molecule has 0 radical (unpaired) electrons. The molecule has 0 spiro atoms. The van der Waals surface area contributed by atoms with Crippen LogP contribution in [0.4, 0.5) is 4.79 Å². The molecule has 7 heteroatoms. The summed E-state index contributed by atoms with van der Waals surface area (Å²) < 4.78 is 5.72. The van der Waals surface area contributed by atoms with Gasteiger partial charge >= 0.3 is 0 Å². The van der Waals surface area contributed by atoms with Crippen LogP contribution in [0.1, 0.15) is 12.0 Å². The topological polar surface area (TPSA) is 84.7 Å². The normalized spacial score (nSPS) is 21.5. The van der Waals surface area contributed by atoms with Crippen molar-refractivity contribution in [1.29, 1.82) is 0 Å². The molecule has 3 rings (SSSR count). The quantitative estimate of drug-likeness (QED) is 0.631. The molecular formula is C17H17N3O3S. The van der Waals surface area contributed by atoms with Gasteiger partial charge in [-0.25, -0.2) is 5.84 Å². The molecule has 2 aliphatic heterocycles. The lowest BCUT2D eigenvalue weighted by molar-refractivity contribution is -0.115. The number of rotatable bonds is 5. The van der Waals surface area contributed by atoms with Gasteiger partial charge in [-0.15, -0.1) is 0 Å². The monoisotopic (exact) mass is 343 g/mol. The first-order chi connectivity index (χ1) is 11.6. The molecule has 1 aromatic rings. The second kappa shape index (κ2) is 7.37. The molecule has 2 amide bonds. The molecule has 1 saturated heterocycles. The molecule has 6 nitrogen and oxygen atoms in total. The fourth-order valence-corrected chi connectivity index (χ4v) is 3.01. The summed E-state index contributed by atoms with van der Waals surface area (Å²) in [5, 5.41) is 3.54. The van der Waals surface area contributed by atoms with Crippen molar-refractivity contribution in [2.75, 3.05) is 6.61 Å². The third kappa shape index (κ3) is 4.06. The minimum atomic E-state index is -0.355. The van der Waals surface area contributed by atoms with Gasteiger partial charge in [0.2, 0.25) is 0 Å². The van der Waals surface area contributed by atoms with Crippen LogP contribution in [0.3, 0.4) is 0 Å². The van der Waals surface area contributed by atoms with Gasteiger partial charge in [0, 0.05) is 12.6 Å². The van der Waals surface area contributed by atoms with Crippen molar-refractivity contribution < 1.29 is 14.3 Å². The average molecular weight is 343 g/mol. The zero-order chi connectivity index (χ0) is 16.9. The third-order valence-corrected chi connectivity index (χ3v) is 4.40. The van der Waals surface area contributed by atoms with Gasteiger partial charge in [-0.2, -0.15) is 0 Å². The second-order valence-corrected chi connectivity index (χ2v) is 6.31. The number of nitrogens with zero attached hydrogens (tertiary/aromatic N) is 1. The van der Waals surface area contributed by atoms with Gasteiger partial charge in [0.05, 0.1) is 17.6 Å². The van der Waals surface area contributed by atoms with E-state index >= 15 is 0 Å². The van der Waals surface area contributed by atoms with E-state index in [4.69, 9.17) is 10.6 Å². The van der Waals surface area contributed by atoms with Crippen LogP contribution in [0.25, 0.3) is 6.08 Å². The van der Waals surface area contributed by atoms with Gasteiger partial charge < -0.3 is 9.75 Å². The Kier molecular flexibility index (Phi) is 5.02. The Morgan fingerprint density at radius 1 is 1.25 bits per heavy atom. The Labute approximate surface area is 144 Å². The van der Waals surface area contributed by atoms with Crippen LogP contribution in [-0.4, -0.2) is 28.8 Å². The number of thioether (sulfide) groups is 1. The number of carbonyl (C=O) groups is 2. The summed E-state index contributed by atoms with van der Waals surface area (Å²) in [6, 6.07) is 7.49. The summed E-state index contributed by atoms with van der Waals surface area (Å²) in [7, 11) is 0. The highest BCUT2D eigenvalue weighted by atomic mass is 32.2. The number of imide groups is 1. The first-order valence-corrected chi connectivity index (χ1v) is 8.29. The Balaban J connectivity index is 1.52. The first kappa shape index (κ1) is 16.4. The molecular weight excluding hydrogens is 326 g/mol. The maximum atomic E-state index is 11.5. The summed E-state index contributed by atoms with van der Waals surface area (Å²) in [6.07, 6.45) is 10.2. The maximum absolute atomic E-state index is 11.5. The van der Waals surface area contributed by atoms with Crippen molar-refractivity contribution in [2.45, 2.75) is 12.5 Å². The van der Waals surface area contributed by atoms with Crippen molar-refractivity contribution >= 4 is 29.0 Å². The molecule has 1 atom stereocenters. The van der Waals surface area contributed by atoms with Crippen molar-refractivity contribution in [2.24, 2.45) is 5.84 Å². The lowest BCUT2D eigenvalue weighted by Crippen LogP contribution is -2.37. The molecule has 2 aliphatic rings. The number of hydrogen-bond donors (Lipinski definition) is 2. The van der Waals surface area contributed by atoms with Crippen molar-refractivity contribution in [3.63, 3.8) is 0 Å². The number of nitrogens with one attached hydrogen (secondary N) is 1. The van der Waals surface area contributed by atoms with Crippen LogP contribution in [-0.2, 0) is 4.79 Å². The van der Waals surface area contributed by atoms with Crippen LogP contribution >= 0.6 is 11.8 Å². The highest BCUT2D eigenvalue weighted by Crippen LogP contribution is 2.26. The molecule has 24 heavy (non-hydrogen) atoms. The zero-order valence-corrected chi connectivity index (χ0v) is 13.7. The molecule has 2 heterocycles. The fourth-order valence-electron chi connectivity index (χ4n) is 2.33. The summed E-state index contributed by atoms with van der Waals surface area (Å²) >= 11 is 0.904. The lowest BCUT2D eigenvalue weighted by atomic mass is 10.1. The Morgan fingerprint density at radius 2 is 2.04 bits per heavy atom. The summed E-state index contributed by atoms with van der Waals surface area (Å²) in [5.41, 5.74) is 0.836. The SMILES string of the molecule is NN1C=CC=C[C@@H]1CCOc1ccc(/C=C2/SC(=O)NC2=O)cc1. The van der Waals surface area contributed by atoms with E-state index in [2.05, 4.69) is 5.32 Å². The average Bonchev–Trinajstić information content (AvgIpc) is 2.88. The van der Waals surface area contributed by atoms with E-state index in [9.17, 15) is 9.59 Å². The van der Waals surface area contributed by atoms with Gasteiger partial charge in [0.1, 0.15) is 5.75 Å². The molecule has 0 bridgehead atoms. The van der Waals surface area contributed by atoms with E-state index in [0.29, 0.717) is 11.5 Å². The summed E-state index contributed by atoms with van der Waals surface area (Å²) in [6.45, 7) is 0.545. The van der Waals surface area contributed by atoms with E-state index in [1.807, 2.05) is 48.7 Å². The fraction of sp³-hybridized carbons (Fsp3) is 0.176. The van der Waals surface area contributed by atoms with Crippen LogP contribution in [0.2, 0.25) is 0 Å². The number of benzene rings is 1. The van der Waals surface area contributed by atoms with E-state index in [-0.39, 0.29) is 17.2 Å². The van der Waals surface area contributed by atoms with E-state index in [1.54, 1.807) is 11.1 Å². The zero-order valence-electron chi connectivity index (χ0n) is 12.8. The molecule has 3 N–H and O–H groups in total. The number of amides is 2. The molecule has 0 saturated carbocycles. The highest BCUT2D eigenvalue weighted by Gasteiger charge is 2.24. The Morgan fingerprint density at radius 3 is 2.71 bits per heavy atom. The maximum Gasteiger partial charge on any atom is 0.290 e. The number of carbonyl (C=O) groups excluding carboxylic acids is 2. The van der Waals surface area contributed by atoms with Gasteiger partial charge in [-0.1, -0.05) is 24.3 Å². The largest absolute Gasteiger partial charge is 0.494 e. The van der Waals surface area contributed by atoms with Crippen LogP contribution in [0.5, 0.6) is 5.75 Å². The molecule has 0 unspecified atom stereocenters. The van der Waals surface area contributed by atoms with Crippen molar-refractivity contribution in [3.8, 4) is 5.75 Å². The number of hydrogen-bond acceptors (Lipinski definition) is 6.